The van der Waals surface area contributed by atoms with Gasteiger partial charge in [0.25, 0.3) is 0 Å². The maximum Gasteiger partial charge on any atom is 0.334 e. The fourth-order valence-electron chi connectivity index (χ4n) is 4.03. The van der Waals surface area contributed by atoms with Gasteiger partial charge in [-0.1, -0.05) is 68.9 Å². The highest BCUT2D eigenvalue weighted by Gasteiger charge is 2.40. The fourth-order valence-corrected chi connectivity index (χ4v) is 9.98. The highest BCUT2D eigenvalue weighted by atomic mass is 28.4. The first-order valence-corrected chi connectivity index (χ1v) is 15.0. The van der Waals surface area contributed by atoms with Crippen LogP contribution < -0.4 is 5.19 Å². The van der Waals surface area contributed by atoms with Crippen molar-refractivity contribution in [1.82, 2.24) is 9.13 Å². The second-order valence-corrected chi connectivity index (χ2v) is 16.2. The van der Waals surface area contributed by atoms with Crippen LogP contribution >= 0.6 is 0 Å². The maximum absolute atomic E-state index is 5.57. The van der Waals surface area contributed by atoms with Gasteiger partial charge in [0.15, 0.2) is 0 Å². The third-order valence-electron chi connectivity index (χ3n) is 5.99. The Morgan fingerprint density at radius 2 is 1.15 bits per heavy atom. The SMILES string of the molecule is CO[Si](C)(CCCCCCCC[Si](c1ccccc1)(N(C)C)N(C)C)OC. The van der Waals surface area contributed by atoms with Gasteiger partial charge in [-0.25, -0.2) is 0 Å². The molecule has 0 heterocycles. The van der Waals surface area contributed by atoms with Gasteiger partial charge in [0.05, 0.1) is 0 Å². The summed E-state index contributed by atoms with van der Waals surface area (Å²) >= 11 is 0. The second kappa shape index (κ2) is 12.1. The summed E-state index contributed by atoms with van der Waals surface area (Å²) in [5.74, 6) is 0. The third-order valence-corrected chi connectivity index (χ3v) is 14.2. The Kier molecular flexibility index (Phi) is 11.0. The predicted molar refractivity (Wildman–Crippen MR) is 122 cm³/mol. The second-order valence-electron chi connectivity index (χ2n) is 8.13. The Hall–Kier alpha value is -0.506. The summed E-state index contributed by atoms with van der Waals surface area (Å²) in [5.41, 5.74) is 0. The fraction of sp³-hybridized carbons (Fsp3) is 0.714. The maximum atomic E-state index is 5.57. The van der Waals surface area contributed by atoms with E-state index in [1.807, 2.05) is 0 Å². The van der Waals surface area contributed by atoms with E-state index in [-0.39, 0.29) is 0 Å². The quantitative estimate of drug-likeness (QED) is 0.339. The zero-order valence-corrected chi connectivity index (χ0v) is 20.8. The normalized spacial score (nSPS) is 12.9. The lowest BCUT2D eigenvalue weighted by Crippen LogP contribution is -2.68. The minimum Gasteiger partial charge on any atom is -0.398 e. The van der Waals surface area contributed by atoms with Crippen molar-refractivity contribution in [3.05, 3.63) is 30.3 Å². The van der Waals surface area contributed by atoms with Gasteiger partial charge >= 0.3 is 8.56 Å². The molecule has 0 bridgehead atoms. The van der Waals surface area contributed by atoms with E-state index in [1.54, 1.807) is 14.2 Å². The molecular formula is C21H42N2O2Si2. The zero-order valence-electron chi connectivity index (χ0n) is 18.8. The van der Waals surface area contributed by atoms with Crippen LogP contribution in [-0.4, -0.2) is 68.5 Å². The Labute approximate surface area is 170 Å². The molecule has 27 heavy (non-hydrogen) atoms. The lowest BCUT2D eigenvalue weighted by Gasteiger charge is -2.43. The molecule has 0 aliphatic carbocycles. The Morgan fingerprint density at radius 1 is 0.704 bits per heavy atom. The molecular weight excluding hydrogens is 368 g/mol. The van der Waals surface area contributed by atoms with Crippen LogP contribution in [0, 0.1) is 0 Å². The Morgan fingerprint density at radius 3 is 1.59 bits per heavy atom. The summed E-state index contributed by atoms with van der Waals surface area (Å²) in [6.07, 6.45) is 7.80. The zero-order chi connectivity index (χ0) is 20.3. The molecule has 0 saturated heterocycles. The third kappa shape index (κ3) is 7.11. The predicted octanol–water partition coefficient (Wildman–Crippen LogP) is 4.16. The molecule has 0 aromatic heterocycles. The molecule has 0 spiro atoms. The molecule has 0 N–H and O–H groups in total. The van der Waals surface area contributed by atoms with Gasteiger partial charge in [0, 0.05) is 14.2 Å². The van der Waals surface area contributed by atoms with Gasteiger partial charge in [0.1, 0.15) is 0 Å². The summed E-state index contributed by atoms with van der Waals surface area (Å²) in [5, 5.41) is 1.52. The lowest BCUT2D eigenvalue weighted by molar-refractivity contribution is 0.248. The number of rotatable bonds is 14. The molecule has 4 nitrogen and oxygen atoms in total. The first kappa shape index (κ1) is 24.5. The van der Waals surface area contributed by atoms with Gasteiger partial charge in [-0.2, -0.15) is 0 Å². The molecule has 6 heteroatoms. The first-order chi connectivity index (χ1) is 12.8. The van der Waals surface area contributed by atoms with Crippen molar-refractivity contribution in [3.8, 4) is 0 Å². The van der Waals surface area contributed by atoms with E-state index in [2.05, 4.69) is 74.2 Å². The minimum atomic E-state index is -1.87. The number of hydrogen-bond acceptors (Lipinski definition) is 4. The largest absolute Gasteiger partial charge is 0.398 e. The van der Waals surface area contributed by atoms with Crippen molar-refractivity contribution in [3.63, 3.8) is 0 Å². The molecule has 0 amide bonds. The Bertz CT molecular complexity index is 500. The Balaban J connectivity index is 2.43. The van der Waals surface area contributed by atoms with Crippen molar-refractivity contribution in [2.45, 2.75) is 57.2 Å². The van der Waals surface area contributed by atoms with Crippen molar-refractivity contribution >= 4 is 22.1 Å². The van der Waals surface area contributed by atoms with Crippen LogP contribution in [0.25, 0.3) is 0 Å². The summed E-state index contributed by atoms with van der Waals surface area (Å²) in [4.78, 5) is 0. The highest BCUT2D eigenvalue weighted by molar-refractivity contribution is 6.87. The van der Waals surface area contributed by atoms with E-state index in [0.29, 0.717) is 0 Å². The average Bonchev–Trinajstić information content (AvgIpc) is 2.66. The van der Waals surface area contributed by atoms with Crippen molar-refractivity contribution in [2.24, 2.45) is 0 Å². The molecule has 1 aromatic rings. The molecule has 0 unspecified atom stereocenters. The first-order valence-electron chi connectivity index (χ1n) is 10.3. The molecule has 156 valence electrons. The van der Waals surface area contributed by atoms with Crippen LogP contribution in [0.2, 0.25) is 18.6 Å². The van der Waals surface area contributed by atoms with Gasteiger partial charge in [0.2, 0.25) is 8.40 Å². The number of hydrogen-bond donors (Lipinski definition) is 0. The molecule has 0 radical (unpaired) electrons. The van der Waals surface area contributed by atoms with Gasteiger partial charge in [-0.15, -0.1) is 0 Å². The smallest absolute Gasteiger partial charge is 0.334 e. The van der Waals surface area contributed by atoms with Crippen LogP contribution in [-0.2, 0) is 8.85 Å². The van der Waals surface area contributed by atoms with E-state index in [4.69, 9.17) is 8.85 Å². The standard InChI is InChI=1S/C21H42N2O2Si2/c1-22(2)27(23(3)4,21-17-13-12-14-18-21)20-16-11-9-8-10-15-19-26(7,24-5)25-6/h12-14,17-18H,8-11,15-16,19-20H2,1-7H3. The van der Waals surface area contributed by atoms with Gasteiger partial charge < -0.3 is 18.0 Å². The topological polar surface area (TPSA) is 24.9 Å². The van der Waals surface area contributed by atoms with Crippen LogP contribution in [0.15, 0.2) is 30.3 Å². The van der Waals surface area contributed by atoms with Gasteiger partial charge in [-0.05, 0) is 52.0 Å². The average molecular weight is 411 g/mol. The molecule has 0 aliphatic heterocycles. The molecule has 0 atom stereocenters. The van der Waals surface area contributed by atoms with Crippen LogP contribution in [0.3, 0.4) is 0 Å². The molecule has 1 aromatic carbocycles. The molecule has 0 saturated carbocycles. The summed E-state index contributed by atoms with van der Waals surface area (Å²) in [6, 6.07) is 13.5. The summed E-state index contributed by atoms with van der Waals surface area (Å²) in [6.45, 7) is 2.16. The van der Waals surface area contributed by atoms with Crippen LogP contribution in [0.4, 0.5) is 0 Å². The van der Waals surface area contributed by atoms with Crippen LogP contribution in [0.1, 0.15) is 38.5 Å². The number of unbranched alkanes of at least 4 members (excludes halogenated alkanes) is 5. The van der Waals surface area contributed by atoms with Gasteiger partial charge in [-0.3, -0.25) is 0 Å². The monoisotopic (exact) mass is 410 g/mol. The van der Waals surface area contributed by atoms with E-state index in [1.165, 1.54) is 49.8 Å². The minimum absolute atomic E-state index is 1.10. The number of nitrogens with zero attached hydrogens (tertiary/aromatic N) is 2. The summed E-state index contributed by atoms with van der Waals surface area (Å²) < 4.78 is 16.1. The van der Waals surface area contributed by atoms with E-state index >= 15 is 0 Å². The van der Waals surface area contributed by atoms with Crippen molar-refractivity contribution < 1.29 is 8.85 Å². The van der Waals surface area contributed by atoms with Crippen LogP contribution in [0.5, 0.6) is 0 Å². The highest BCUT2D eigenvalue weighted by Crippen LogP contribution is 2.21. The van der Waals surface area contributed by atoms with E-state index in [0.717, 1.165) is 6.04 Å². The molecule has 0 aliphatic rings. The van der Waals surface area contributed by atoms with E-state index < -0.39 is 17.0 Å². The molecule has 0 fully saturated rings. The van der Waals surface area contributed by atoms with Crippen molar-refractivity contribution in [2.75, 3.05) is 42.4 Å². The van der Waals surface area contributed by atoms with Crippen molar-refractivity contribution in [1.29, 1.82) is 0 Å². The lowest BCUT2D eigenvalue weighted by atomic mass is 10.1. The number of benzene rings is 1. The van der Waals surface area contributed by atoms with E-state index in [9.17, 15) is 0 Å². The molecule has 1 rings (SSSR count). The summed E-state index contributed by atoms with van der Waals surface area (Å²) in [7, 11) is 8.93.